The van der Waals surface area contributed by atoms with Gasteiger partial charge in [-0.3, -0.25) is 5.10 Å². The van der Waals surface area contributed by atoms with Gasteiger partial charge in [0.1, 0.15) is 11.6 Å². The molecule has 0 spiro atoms. The normalized spacial score (nSPS) is 11.7. The van der Waals surface area contributed by atoms with Gasteiger partial charge in [-0.25, -0.2) is 8.78 Å². The molecule has 0 aliphatic rings. The number of halogens is 2. The molecule has 0 saturated heterocycles. The first kappa shape index (κ1) is 15.3. The van der Waals surface area contributed by atoms with Crippen molar-refractivity contribution < 1.29 is 8.78 Å². The summed E-state index contributed by atoms with van der Waals surface area (Å²) in [6.07, 6.45) is 5.05. The van der Waals surface area contributed by atoms with Crippen LogP contribution in [0.25, 0.3) is 12.2 Å². The molecular weight excluding hydrogens is 274 g/mol. The Kier molecular flexibility index (Phi) is 5.19. The molecule has 4 nitrogen and oxygen atoms in total. The minimum atomic E-state index is -0.590. The highest BCUT2D eigenvalue weighted by atomic mass is 19.1. The number of rotatable bonds is 6. The summed E-state index contributed by atoms with van der Waals surface area (Å²) in [4.78, 5) is 2.07. The number of hydrogen-bond donors (Lipinski definition) is 2. The Hall–Kier alpha value is -2.05. The number of nitrogens with one attached hydrogen (secondary N) is 1. The Balaban J connectivity index is 2.12. The predicted molar refractivity (Wildman–Crippen MR) is 79.3 cm³/mol. The van der Waals surface area contributed by atoms with Crippen LogP contribution in [-0.2, 0) is 6.54 Å². The minimum Gasteiger partial charge on any atom is -0.329 e. The zero-order valence-electron chi connectivity index (χ0n) is 11.8. The highest BCUT2D eigenvalue weighted by Gasteiger charge is 2.06. The van der Waals surface area contributed by atoms with Crippen LogP contribution in [0.5, 0.6) is 0 Å². The Bertz CT molecular complexity index is 622. The lowest BCUT2D eigenvalue weighted by Crippen LogP contribution is -2.25. The number of likely N-dealkylation sites (N-methyl/N-ethyl adjacent to an activating group) is 1. The minimum absolute atomic E-state index is 0.326. The van der Waals surface area contributed by atoms with Crippen LogP contribution in [0.1, 0.15) is 16.8 Å². The Morgan fingerprint density at radius 2 is 2.14 bits per heavy atom. The third-order valence-electron chi connectivity index (χ3n) is 3.09. The second-order valence-corrected chi connectivity index (χ2v) is 4.83. The van der Waals surface area contributed by atoms with E-state index in [0.717, 1.165) is 23.9 Å². The molecule has 0 unspecified atom stereocenters. The second kappa shape index (κ2) is 7.10. The quantitative estimate of drug-likeness (QED) is 0.858. The molecule has 6 heteroatoms. The zero-order valence-corrected chi connectivity index (χ0v) is 11.8. The fourth-order valence-corrected chi connectivity index (χ4v) is 1.99. The van der Waals surface area contributed by atoms with E-state index in [-0.39, 0.29) is 0 Å². The third kappa shape index (κ3) is 4.21. The van der Waals surface area contributed by atoms with Gasteiger partial charge in [0.25, 0.3) is 0 Å². The lowest BCUT2D eigenvalue weighted by Gasteiger charge is -2.14. The SMILES string of the molecule is CN(CCN)Cc1cn[nH]c1/C=C/c1ccc(F)cc1F. The van der Waals surface area contributed by atoms with Crippen molar-refractivity contribution in [2.24, 2.45) is 5.73 Å². The maximum absolute atomic E-state index is 13.6. The van der Waals surface area contributed by atoms with E-state index in [2.05, 4.69) is 15.1 Å². The van der Waals surface area contributed by atoms with Crippen LogP contribution < -0.4 is 5.73 Å². The first-order chi connectivity index (χ1) is 10.1. The molecule has 0 aliphatic heterocycles. The molecule has 0 amide bonds. The molecule has 1 heterocycles. The van der Waals surface area contributed by atoms with Gasteiger partial charge in [0.15, 0.2) is 0 Å². The van der Waals surface area contributed by atoms with E-state index in [1.807, 2.05) is 7.05 Å². The molecule has 0 atom stereocenters. The van der Waals surface area contributed by atoms with Crippen molar-refractivity contribution in [2.45, 2.75) is 6.54 Å². The number of benzene rings is 1. The van der Waals surface area contributed by atoms with Gasteiger partial charge < -0.3 is 10.6 Å². The lowest BCUT2D eigenvalue weighted by atomic mass is 10.1. The maximum atomic E-state index is 13.6. The summed E-state index contributed by atoms with van der Waals surface area (Å²) in [6, 6.07) is 3.49. The number of aromatic amines is 1. The summed E-state index contributed by atoms with van der Waals surface area (Å²) in [6.45, 7) is 2.06. The van der Waals surface area contributed by atoms with Crippen molar-refractivity contribution in [3.63, 3.8) is 0 Å². The Morgan fingerprint density at radius 1 is 1.33 bits per heavy atom. The zero-order chi connectivity index (χ0) is 15.2. The lowest BCUT2D eigenvalue weighted by molar-refractivity contribution is 0.336. The second-order valence-electron chi connectivity index (χ2n) is 4.83. The largest absolute Gasteiger partial charge is 0.329 e. The van der Waals surface area contributed by atoms with E-state index in [0.29, 0.717) is 18.7 Å². The molecule has 1 aromatic heterocycles. The van der Waals surface area contributed by atoms with Crippen LogP contribution in [0.3, 0.4) is 0 Å². The smallest absolute Gasteiger partial charge is 0.133 e. The average Bonchev–Trinajstić information content (AvgIpc) is 2.85. The monoisotopic (exact) mass is 292 g/mol. The number of aromatic nitrogens is 2. The number of H-pyrrole nitrogens is 1. The number of hydrogen-bond acceptors (Lipinski definition) is 3. The van der Waals surface area contributed by atoms with Gasteiger partial charge >= 0.3 is 0 Å². The topological polar surface area (TPSA) is 57.9 Å². The van der Waals surface area contributed by atoms with Gasteiger partial charge in [-0.15, -0.1) is 0 Å². The fourth-order valence-electron chi connectivity index (χ4n) is 1.99. The van der Waals surface area contributed by atoms with Gasteiger partial charge in [-0.1, -0.05) is 0 Å². The van der Waals surface area contributed by atoms with Gasteiger partial charge in [0.2, 0.25) is 0 Å². The average molecular weight is 292 g/mol. The number of nitrogens with zero attached hydrogens (tertiary/aromatic N) is 2. The molecule has 21 heavy (non-hydrogen) atoms. The molecule has 3 N–H and O–H groups in total. The van der Waals surface area contributed by atoms with Gasteiger partial charge in [0, 0.05) is 36.8 Å². The predicted octanol–water partition coefficient (Wildman–Crippen LogP) is 2.25. The molecular formula is C15H18F2N4. The summed E-state index contributed by atoms with van der Waals surface area (Å²) < 4.78 is 26.4. The van der Waals surface area contributed by atoms with Gasteiger partial charge in [0.05, 0.1) is 11.9 Å². The van der Waals surface area contributed by atoms with E-state index in [1.165, 1.54) is 12.1 Å². The molecule has 0 radical (unpaired) electrons. The molecule has 0 aliphatic carbocycles. The van der Waals surface area contributed by atoms with Crippen molar-refractivity contribution in [3.05, 3.63) is 52.9 Å². The van der Waals surface area contributed by atoms with Crippen LogP contribution in [-0.4, -0.2) is 35.2 Å². The van der Waals surface area contributed by atoms with Crippen molar-refractivity contribution in [2.75, 3.05) is 20.1 Å². The first-order valence-electron chi connectivity index (χ1n) is 6.64. The van der Waals surface area contributed by atoms with E-state index >= 15 is 0 Å². The van der Waals surface area contributed by atoms with Crippen molar-refractivity contribution in [1.82, 2.24) is 15.1 Å². The molecule has 1 aromatic carbocycles. The molecule has 2 aromatic rings. The molecule has 112 valence electrons. The Morgan fingerprint density at radius 3 is 2.86 bits per heavy atom. The Labute approximate surface area is 122 Å². The van der Waals surface area contributed by atoms with Crippen LogP contribution >= 0.6 is 0 Å². The van der Waals surface area contributed by atoms with Crippen molar-refractivity contribution in [3.8, 4) is 0 Å². The number of nitrogens with two attached hydrogens (primary N) is 1. The van der Waals surface area contributed by atoms with E-state index in [9.17, 15) is 8.78 Å². The van der Waals surface area contributed by atoms with E-state index in [4.69, 9.17) is 5.73 Å². The van der Waals surface area contributed by atoms with Crippen molar-refractivity contribution >= 4 is 12.2 Å². The first-order valence-corrected chi connectivity index (χ1v) is 6.64. The van der Waals surface area contributed by atoms with E-state index < -0.39 is 11.6 Å². The summed E-state index contributed by atoms with van der Waals surface area (Å²) in [5.74, 6) is -1.18. The molecule has 0 fully saturated rings. The molecule has 0 saturated carbocycles. The standard InChI is InChI=1S/C15H18F2N4/c1-21(7-6-18)10-12-9-19-20-15(12)5-3-11-2-4-13(16)8-14(11)17/h2-5,8-9H,6-7,10,18H2,1H3,(H,19,20)/b5-3+. The summed E-state index contributed by atoms with van der Waals surface area (Å²) in [5, 5.41) is 6.86. The molecule has 2 rings (SSSR count). The van der Waals surface area contributed by atoms with Gasteiger partial charge in [-0.2, -0.15) is 5.10 Å². The fraction of sp³-hybridized carbons (Fsp3) is 0.267. The summed E-state index contributed by atoms with van der Waals surface area (Å²) in [7, 11) is 1.97. The van der Waals surface area contributed by atoms with Gasteiger partial charge in [-0.05, 0) is 31.3 Å². The van der Waals surface area contributed by atoms with Crippen LogP contribution in [0.4, 0.5) is 8.78 Å². The summed E-state index contributed by atoms with van der Waals surface area (Å²) in [5.41, 5.74) is 7.62. The van der Waals surface area contributed by atoms with Crippen LogP contribution in [0.15, 0.2) is 24.4 Å². The van der Waals surface area contributed by atoms with Crippen molar-refractivity contribution in [1.29, 1.82) is 0 Å². The van der Waals surface area contributed by atoms with Crippen LogP contribution in [0.2, 0.25) is 0 Å². The maximum Gasteiger partial charge on any atom is 0.133 e. The van der Waals surface area contributed by atoms with Crippen LogP contribution in [0, 0.1) is 11.6 Å². The third-order valence-corrected chi connectivity index (χ3v) is 3.09. The molecule has 0 bridgehead atoms. The van der Waals surface area contributed by atoms with E-state index in [1.54, 1.807) is 18.3 Å². The highest BCUT2D eigenvalue weighted by Crippen LogP contribution is 2.15. The highest BCUT2D eigenvalue weighted by molar-refractivity contribution is 5.69. The summed E-state index contributed by atoms with van der Waals surface area (Å²) >= 11 is 0.